The first-order valence-corrected chi connectivity index (χ1v) is 25.2. The maximum Gasteiger partial charge on any atom is 0.469 e. The second-order valence-corrected chi connectivity index (χ2v) is 17.7. The molecule has 0 aliphatic heterocycles. The summed E-state index contributed by atoms with van der Waals surface area (Å²) in [5.74, 6) is -0.221. The monoisotopic (exact) mass is 786 g/mol. The molecular formula is C46H92NO6P. The maximum absolute atomic E-state index is 12.6. The van der Waals surface area contributed by atoms with Gasteiger partial charge in [-0.05, 0) is 19.3 Å². The molecule has 0 spiro atoms. The zero-order valence-electron chi connectivity index (χ0n) is 35.9. The molecule has 0 aromatic rings. The minimum absolute atomic E-state index is 0.221. The first-order chi connectivity index (χ1) is 26.3. The van der Waals surface area contributed by atoms with E-state index in [-0.39, 0.29) is 5.91 Å². The highest BCUT2D eigenvalue weighted by molar-refractivity contribution is 7.46. The van der Waals surface area contributed by atoms with Crippen LogP contribution in [0.1, 0.15) is 258 Å². The van der Waals surface area contributed by atoms with Crippen LogP contribution < -0.4 is 5.32 Å². The molecule has 1 amide bonds. The molecule has 0 saturated heterocycles. The Morgan fingerprint density at radius 1 is 0.519 bits per heavy atom. The summed E-state index contributed by atoms with van der Waals surface area (Å²) in [6.45, 7) is 4.10. The first-order valence-electron chi connectivity index (χ1n) is 23.6. The van der Waals surface area contributed by atoms with E-state index in [1.165, 1.54) is 199 Å². The van der Waals surface area contributed by atoms with E-state index in [2.05, 4.69) is 23.7 Å². The van der Waals surface area contributed by atoms with E-state index in [1.54, 1.807) is 6.08 Å². The summed E-state index contributed by atoms with van der Waals surface area (Å²) >= 11 is 0. The van der Waals surface area contributed by atoms with Crippen molar-refractivity contribution in [3.8, 4) is 0 Å². The average molecular weight is 786 g/mol. The molecule has 0 bridgehead atoms. The first kappa shape index (κ1) is 53.3. The molecule has 8 heteroatoms. The number of hydrogen-bond donors (Lipinski definition) is 4. The molecule has 0 aliphatic carbocycles. The van der Waals surface area contributed by atoms with Crippen LogP contribution in [0.3, 0.4) is 0 Å². The van der Waals surface area contributed by atoms with Gasteiger partial charge in [0.15, 0.2) is 0 Å². The van der Waals surface area contributed by atoms with Gasteiger partial charge in [-0.2, -0.15) is 0 Å². The minimum atomic E-state index is -4.71. The Kier molecular flexibility index (Phi) is 41.3. The zero-order chi connectivity index (χ0) is 39.6. The molecule has 0 aliphatic rings. The third-order valence-corrected chi connectivity index (χ3v) is 11.5. The Morgan fingerprint density at radius 2 is 0.815 bits per heavy atom. The second kappa shape index (κ2) is 41.9. The van der Waals surface area contributed by atoms with Crippen LogP contribution in [0.15, 0.2) is 12.2 Å². The van der Waals surface area contributed by atoms with Crippen LogP contribution in [0, 0.1) is 0 Å². The standard InChI is InChI=1S/C46H92NO6P/c1-3-5-7-9-11-13-15-17-19-20-21-22-23-24-25-26-27-28-30-32-34-36-38-40-42-46(49)47-44(43-53-54(50,51)52)45(48)41-39-37-35-33-31-29-18-16-14-12-10-8-6-4-2/h39,41,44-45,48H,3-38,40,42-43H2,1-2H3,(H,47,49)(H2,50,51,52)/b41-39+/t44-,45+/m0/s1. The lowest BCUT2D eigenvalue weighted by Crippen LogP contribution is -2.45. The van der Waals surface area contributed by atoms with E-state index < -0.39 is 26.6 Å². The third-order valence-electron chi connectivity index (χ3n) is 11.0. The highest BCUT2D eigenvalue weighted by Crippen LogP contribution is 2.36. The van der Waals surface area contributed by atoms with Crippen LogP contribution in [0.2, 0.25) is 0 Å². The molecular weight excluding hydrogens is 693 g/mol. The SMILES string of the molecule is CCCCCCCCCCCCCC/C=C/[C@@H](O)[C@H](COP(=O)(O)O)NC(=O)CCCCCCCCCCCCCCCCCCCCCCCCCC. The fourth-order valence-corrected chi connectivity index (χ4v) is 7.76. The summed E-state index contributed by atoms with van der Waals surface area (Å²) in [5.41, 5.74) is 0. The molecule has 0 unspecified atom stereocenters. The number of aliphatic hydroxyl groups is 1. The highest BCUT2D eigenvalue weighted by Gasteiger charge is 2.24. The van der Waals surface area contributed by atoms with Gasteiger partial charge in [-0.1, -0.05) is 244 Å². The van der Waals surface area contributed by atoms with Crippen molar-refractivity contribution in [1.82, 2.24) is 5.32 Å². The molecule has 4 N–H and O–H groups in total. The van der Waals surface area contributed by atoms with Gasteiger partial charge >= 0.3 is 7.82 Å². The number of nitrogens with one attached hydrogen (secondary N) is 1. The number of amides is 1. The van der Waals surface area contributed by atoms with Crippen LogP contribution >= 0.6 is 7.82 Å². The van der Waals surface area contributed by atoms with E-state index >= 15 is 0 Å². The van der Waals surface area contributed by atoms with E-state index in [1.807, 2.05) is 6.08 Å². The fraction of sp³-hybridized carbons (Fsp3) is 0.935. The number of carbonyl (C=O) groups excluding carboxylic acids is 1. The normalized spacial score (nSPS) is 13.2. The topological polar surface area (TPSA) is 116 Å². The van der Waals surface area contributed by atoms with Crippen molar-refractivity contribution in [3.05, 3.63) is 12.2 Å². The van der Waals surface area contributed by atoms with Crippen molar-refractivity contribution in [3.63, 3.8) is 0 Å². The van der Waals surface area contributed by atoms with E-state index in [0.717, 1.165) is 38.5 Å². The number of hydrogen-bond acceptors (Lipinski definition) is 4. The number of phosphoric ester groups is 1. The molecule has 0 fully saturated rings. The van der Waals surface area contributed by atoms with Crippen LogP contribution in [0.5, 0.6) is 0 Å². The molecule has 7 nitrogen and oxygen atoms in total. The molecule has 0 aromatic carbocycles. The predicted molar refractivity (Wildman–Crippen MR) is 232 cm³/mol. The lowest BCUT2D eigenvalue weighted by Gasteiger charge is -2.22. The highest BCUT2D eigenvalue weighted by atomic mass is 31.2. The molecule has 0 radical (unpaired) electrons. The number of carbonyl (C=O) groups is 1. The van der Waals surface area contributed by atoms with Gasteiger partial charge in [0, 0.05) is 6.42 Å². The fourth-order valence-electron chi connectivity index (χ4n) is 7.40. The number of allylic oxidation sites excluding steroid dienone is 1. The van der Waals surface area contributed by atoms with Gasteiger partial charge < -0.3 is 20.2 Å². The molecule has 0 aromatic heterocycles. The number of aliphatic hydroxyl groups excluding tert-OH is 1. The molecule has 2 atom stereocenters. The minimum Gasteiger partial charge on any atom is -0.387 e. The molecule has 0 saturated carbocycles. The zero-order valence-corrected chi connectivity index (χ0v) is 36.8. The van der Waals surface area contributed by atoms with Crippen molar-refractivity contribution >= 4 is 13.7 Å². The van der Waals surface area contributed by atoms with E-state index in [4.69, 9.17) is 9.79 Å². The number of phosphoric acid groups is 1. The van der Waals surface area contributed by atoms with Crippen LogP contribution in [-0.4, -0.2) is 39.6 Å². The van der Waals surface area contributed by atoms with Gasteiger partial charge in [0.2, 0.25) is 5.91 Å². The summed E-state index contributed by atoms with van der Waals surface area (Å²) in [7, 11) is -4.71. The van der Waals surface area contributed by atoms with Gasteiger partial charge in [0.25, 0.3) is 0 Å². The summed E-state index contributed by atoms with van der Waals surface area (Å²) in [6.07, 6.45) is 51.1. The Bertz CT molecular complexity index is 849. The van der Waals surface area contributed by atoms with Crippen molar-refractivity contribution in [2.75, 3.05) is 6.61 Å². The summed E-state index contributed by atoms with van der Waals surface area (Å²) in [6, 6.07) is -0.905. The molecule has 54 heavy (non-hydrogen) atoms. The maximum atomic E-state index is 12.6. The molecule has 322 valence electrons. The quantitative estimate of drug-likeness (QED) is 0.0278. The second-order valence-electron chi connectivity index (χ2n) is 16.4. The number of rotatable bonds is 44. The smallest absolute Gasteiger partial charge is 0.387 e. The van der Waals surface area contributed by atoms with Gasteiger partial charge in [-0.25, -0.2) is 4.57 Å². The third kappa shape index (κ3) is 42.4. The van der Waals surface area contributed by atoms with E-state index in [0.29, 0.717) is 6.42 Å². The summed E-state index contributed by atoms with van der Waals surface area (Å²) < 4.78 is 15.9. The average Bonchev–Trinajstić information content (AvgIpc) is 3.14. The Balaban J connectivity index is 3.80. The largest absolute Gasteiger partial charge is 0.469 e. The summed E-state index contributed by atoms with van der Waals surface area (Å²) in [4.78, 5) is 30.9. The number of unbranched alkanes of at least 4 members (excludes halogenated alkanes) is 35. The summed E-state index contributed by atoms with van der Waals surface area (Å²) in [5, 5.41) is 13.4. The van der Waals surface area contributed by atoms with Crippen molar-refractivity contribution in [2.24, 2.45) is 0 Å². The van der Waals surface area contributed by atoms with Gasteiger partial charge in [-0.15, -0.1) is 0 Å². The van der Waals surface area contributed by atoms with Gasteiger partial charge in [0.05, 0.1) is 18.8 Å². The Hall–Kier alpha value is -0.720. The van der Waals surface area contributed by atoms with Crippen LogP contribution in [0.4, 0.5) is 0 Å². The van der Waals surface area contributed by atoms with Crippen molar-refractivity contribution in [2.45, 2.75) is 270 Å². The van der Waals surface area contributed by atoms with Crippen molar-refractivity contribution < 1.29 is 28.8 Å². The lowest BCUT2D eigenvalue weighted by molar-refractivity contribution is -0.123. The van der Waals surface area contributed by atoms with Crippen LogP contribution in [-0.2, 0) is 13.9 Å². The molecule has 0 rings (SSSR count). The Labute approximate surface area is 335 Å². The Morgan fingerprint density at radius 3 is 1.13 bits per heavy atom. The predicted octanol–water partition coefficient (Wildman–Crippen LogP) is 14.4. The van der Waals surface area contributed by atoms with Crippen molar-refractivity contribution in [1.29, 1.82) is 0 Å². The van der Waals surface area contributed by atoms with E-state index in [9.17, 15) is 14.5 Å². The van der Waals surface area contributed by atoms with Gasteiger partial charge in [-0.3, -0.25) is 9.32 Å². The molecule has 0 heterocycles. The lowest BCUT2D eigenvalue weighted by atomic mass is 10.0. The van der Waals surface area contributed by atoms with Gasteiger partial charge in [0.1, 0.15) is 0 Å². The van der Waals surface area contributed by atoms with Crippen LogP contribution in [0.25, 0.3) is 0 Å².